The van der Waals surface area contributed by atoms with Crippen molar-refractivity contribution >= 4 is 5.91 Å². The number of nitrogens with one attached hydrogen (secondary N) is 1. The minimum atomic E-state index is -0.764. The Labute approximate surface area is 165 Å². The molecule has 3 aromatic rings. The lowest BCUT2D eigenvalue weighted by Crippen LogP contribution is -2.45. The monoisotopic (exact) mass is 395 g/mol. The fraction of sp³-hybridized carbons (Fsp3) is 0.190. The van der Waals surface area contributed by atoms with E-state index in [1.807, 2.05) is 6.07 Å². The number of nitrogens with zero attached hydrogens (tertiary/aromatic N) is 2. The van der Waals surface area contributed by atoms with Gasteiger partial charge in [-0.25, -0.2) is 9.07 Å². The Balaban J connectivity index is 1.37. The molecule has 1 aliphatic heterocycles. The third kappa shape index (κ3) is 4.26. The normalized spacial score (nSPS) is 15.0. The van der Waals surface area contributed by atoms with Crippen LogP contribution in [0.1, 0.15) is 0 Å². The van der Waals surface area contributed by atoms with Gasteiger partial charge >= 0.3 is 0 Å². The Morgan fingerprint density at radius 3 is 2.66 bits per heavy atom. The lowest BCUT2D eigenvalue weighted by molar-refractivity contribution is -0.130. The number of carbonyl (C=O) groups excluding carboxylic acids is 1. The quantitative estimate of drug-likeness (QED) is 0.715. The van der Waals surface area contributed by atoms with Crippen molar-refractivity contribution in [3.05, 3.63) is 76.8 Å². The largest absolute Gasteiger partial charge is 0.485 e. The van der Waals surface area contributed by atoms with Crippen molar-refractivity contribution in [2.24, 2.45) is 0 Å². The maximum atomic E-state index is 13.1. The van der Waals surface area contributed by atoms with Gasteiger partial charge in [-0.2, -0.15) is 5.10 Å². The third-order valence-electron chi connectivity index (χ3n) is 4.43. The lowest BCUT2D eigenvalue weighted by Gasteiger charge is -2.25. The predicted octanol–water partition coefficient (Wildman–Crippen LogP) is 2.01. The summed E-state index contributed by atoms with van der Waals surface area (Å²) >= 11 is 0. The van der Waals surface area contributed by atoms with E-state index < -0.39 is 6.10 Å². The Hall–Kier alpha value is -3.68. The minimum absolute atomic E-state index is 0.112. The van der Waals surface area contributed by atoms with E-state index in [0.29, 0.717) is 22.8 Å². The number of para-hydroxylation sites is 2. The molecule has 148 valence electrons. The number of rotatable bonds is 5. The van der Waals surface area contributed by atoms with Gasteiger partial charge in [-0.3, -0.25) is 9.59 Å². The van der Waals surface area contributed by atoms with E-state index in [0.717, 1.165) is 0 Å². The summed E-state index contributed by atoms with van der Waals surface area (Å²) in [5.74, 6) is 0.442. The van der Waals surface area contributed by atoms with Gasteiger partial charge < -0.3 is 14.8 Å². The zero-order valence-corrected chi connectivity index (χ0v) is 15.4. The van der Waals surface area contributed by atoms with Crippen LogP contribution in [0.2, 0.25) is 0 Å². The molecule has 0 bridgehead atoms. The maximum absolute atomic E-state index is 13.1. The van der Waals surface area contributed by atoms with Gasteiger partial charge in [0.1, 0.15) is 12.4 Å². The van der Waals surface area contributed by atoms with Gasteiger partial charge in [0.25, 0.3) is 11.5 Å². The van der Waals surface area contributed by atoms with Gasteiger partial charge in [0.05, 0.1) is 12.2 Å². The first kappa shape index (κ1) is 18.7. The van der Waals surface area contributed by atoms with Gasteiger partial charge in [-0.15, -0.1) is 0 Å². The molecule has 0 fully saturated rings. The number of aromatic nitrogens is 2. The standard InChI is InChI=1S/C21H18FN3O4/c22-15-7-5-14(6-8-15)16-9-10-20(26)25(24-16)12-11-23-21(27)19-13-28-17-3-1-2-4-18(17)29-19/h1-10,19H,11-13H2,(H,23,27). The first-order valence-corrected chi connectivity index (χ1v) is 9.10. The summed E-state index contributed by atoms with van der Waals surface area (Å²) in [6, 6.07) is 15.9. The van der Waals surface area contributed by atoms with Gasteiger partial charge in [0, 0.05) is 18.2 Å². The van der Waals surface area contributed by atoms with Crippen molar-refractivity contribution in [1.82, 2.24) is 15.1 Å². The summed E-state index contributed by atoms with van der Waals surface area (Å²) < 4.78 is 25.5. The fourth-order valence-corrected chi connectivity index (χ4v) is 2.93. The zero-order valence-electron chi connectivity index (χ0n) is 15.4. The molecule has 4 rings (SSSR count). The Bertz CT molecular complexity index is 1080. The summed E-state index contributed by atoms with van der Waals surface area (Å²) in [5.41, 5.74) is 0.934. The molecular formula is C21H18FN3O4. The van der Waals surface area contributed by atoms with E-state index in [1.54, 1.807) is 36.4 Å². The number of ether oxygens (including phenoxy) is 2. The van der Waals surface area contributed by atoms with Crippen LogP contribution < -0.4 is 20.3 Å². The number of hydrogen-bond donors (Lipinski definition) is 1. The van der Waals surface area contributed by atoms with E-state index in [9.17, 15) is 14.0 Å². The Kier molecular flexibility index (Phi) is 5.24. The third-order valence-corrected chi connectivity index (χ3v) is 4.43. The number of halogens is 1. The fourth-order valence-electron chi connectivity index (χ4n) is 2.93. The number of carbonyl (C=O) groups is 1. The molecule has 1 unspecified atom stereocenters. The predicted molar refractivity (Wildman–Crippen MR) is 103 cm³/mol. The highest BCUT2D eigenvalue weighted by atomic mass is 19.1. The van der Waals surface area contributed by atoms with Crippen molar-refractivity contribution in [2.45, 2.75) is 12.6 Å². The first-order valence-electron chi connectivity index (χ1n) is 9.10. The number of amides is 1. The van der Waals surface area contributed by atoms with Crippen molar-refractivity contribution in [3.8, 4) is 22.8 Å². The topological polar surface area (TPSA) is 82.5 Å². The van der Waals surface area contributed by atoms with Crippen LogP contribution in [0.3, 0.4) is 0 Å². The number of fused-ring (bicyclic) bond motifs is 1. The van der Waals surface area contributed by atoms with E-state index in [1.165, 1.54) is 22.9 Å². The Morgan fingerprint density at radius 1 is 1.10 bits per heavy atom. The molecule has 1 aliphatic rings. The van der Waals surface area contributed by atoms with Crippen LogP contribution in [0.25, 0.3) is 11.3 Å². The molecule has 0 radical (unpaired) electrons. The molecule has 2 aromatic carbocycles. The summed E-state index contributed by atoms with van der Waals surface area (Å²) in [6.07, 6.45) is -0.764. The lowest BCUT2D eigenvalue weighted by atomic mass is 10.1. The van der Waals surface area contributed by atoms with E-state index in [-0.39, 0.29) is 37.0 Å². The van der Waals surface area contributed by atoms with Crippen LogP contribution in [0.15, 0.2) is 65.5 Å². The second-order valence-corrected chi connectivity index (χ2v) is 6.44. The smallest absolute Gasteiger partial charge is 0.266 e. The second-order valence-electron chi connectivity index (χ2n) is 6.44. The summed E-state index contributed by atoms with van der Waals surface area (Å²) in [5, 5.41) is 7.02. The molecular weight excluding hydrogens is 377 g/mol. The zero-order chi connectivity index (χ0) is 20.2. The molecule has 0 spiro atoms. The summed E-state index contributed by atoms with van der Waals surface area (Å²) in [7, 11) is 0. The van der Waals surface area contributed by atoms with Gasteiger partial charge in [-0.1, -0.05) is 12.1 Å². The molecule has 1 aromatic heterocycles. The van der Waals surface area contributed by atoms with Gasteiger partial charge in [0.2, 0.25) is 6.10 Å². The van der Waals surface area contributed by atoms with E-state index in [4.69, 9.17) is 9.47 Å². The summed E-state index contributed by atoms with van der Waals surface area (Å²) in [6.45, 7) is 0.491. The Morgan fingerprint density at radius 2 is 1.86 bits per heavy atom. The van der Waals surface area contributed by atoms with Gasteiger partial charge in [-0.05, 0) is 42.5 Å². The van der Waals surface area contributed by atoms with E-state index >= 15 is 0 Å². The molecule has 8 heteroatoms. The van der Waals surface area contributed by atoms with Crippen LogP contribution in [0.5, 0.6) is 11.5 Å². The number of benzene rings is 2. The average Bonchev–Trinajstić information content (AvgIpc) is 2.75. The summed E-state index contributed by atoms with van der Waals surface area (Å²) in [4.78, 5) is 24.4. The molecule has 0 aliphatic carbocycles. The van der Waals surface area contributed by atoms with Crippen molar-refractivity contribution in [1.29, 1.82) is 0 Å². The van der Waals surface area contributed by atoms with Crippen LogP contribution in [-0.4, -0.2) is 34.9 Å². The van der Waals surface area contributed by atoms with Crippen LogP contribution in [0, 0.1) is 5.82 Å². The molecule has 1 N–H and O–H groups in total. The minimum Gasteiger partial charge on any atom is -0.485 e. The highest BCUT2D eigenvalue weighted by Crippen LogP contribution is 2.30. The molecule has 29 heavy (non-hydrogen) atoms. The average molecular weight is 395 g/mol. The molecule has 2 heterocycles. The number of hydrogen-bond acceptors (Lipinski definition) is 5. The maximum Gasteiger partial charge on any atom is 0.266 e. The van der Waals surface area contributed by atoms with Crippen molar-refractivity contribution in [2.75, 3.05) is 13.2 Å². The van der Waals surface area contributed by atoms with Crippen LogP contribution >= 0.6 is 0 Å². The molecule has 1 amide bonds. The highest BCUT2D eigenvalue weighted by molar-refractivity contribution is 5.81. The van der Waals surface area contributed by atoms with Crippen LogP contribution in [0.4, 0.5) is 4.39 Å². The molecule has 0 saturated carbocycles. The van der Waals surface area contributed by atoms with Gasteiger partial charge in [0.15, 0.2) is 11.5 Å². The molecule has 1 atom stereocenters. The first-order chi connectivity index (χ1) is 14.1. The molecule has 0 saturated heterocycles. The van der Waals surface area contributed by atoms with Crippen molar-refractivity contribution < 1.29 is 18.7 Å². The molecule has 7 nitrogen and oxygen atoms in total. The SMILES string of the molecule is O=C(NCCn1nc(-c2ccc(F)cc2)ccc1=O)C1COc2ccccc2O1. The second kappa shape index (κ2) is 8.14. The van der Waals surface area contributed by atoms with E-state index in [2.05, 4.69) is 10.4 Å². The highest BCUT2D eigenvalue weighted by Gasteiger charge is 2.26. The van der Waals surface area contributed by atoms with Crippen LogP contribution in [-0.2, 0) is 11.3 Å². The van der Waals surface area contributed by atoms with Crippen molar-refractivity contribution in [3.63, 3.8) is 0 Å².